The van der Waals surface area contributed by atoms with Crippen LogP contribution < -0.4 is 15.8 Å². The predicted octanol–water partition coefficient (Wildman–Crippen LogP) is 3.03. The molecular weight excluding hydrogens is 280 g/mol. The molecule has 0 aliphatic heterocycles. The fraction of sp³-hybridized carbons (Fsp3) is 0.750. The lowest BCUT2D eigenvalue weighted by atomic mass is 10.3. The normalized spacial score (nSPS) is 10.7. The quantitative estimate of drug-likeness (QED) is 0.577. The molecule has 0 fully saturated rings. The van der Waals surface area contributed by atoms with Crippen molar-refractivity contribution in [3.05, 3.63) is 5.82 Å². The summed E-state index contributed by atoms with van der Waals surface area (Å²) in [6.07, 6.45) is 4.78. The molecule has 0 aromatic carbocycles. The van der Waals surface area contributed by atoms with Crippen LogP contribution in [-0.2, 0) is 11.2 Å². The first-order chi connectivity index (χ1) is 10.7. The molecule has 0 radical (unpaired) electrons. The van der Waals surface area contributed by atoms with Gasteiger partial charge in [0.25, 0.3) is 0 Å². The summed E-state index contributed by atoms with van der Waals surface area (Å²) in [5, 5.41) is 3.27. The molecule has 1 aromatic heterocycles. The average Bonchev–Trinajstić information content (AvgIpc) is 2.51. The topological polar surface area (TPSA) is 82.3 Å². The monoisotopic (exact) mass is 310 g/mol. The smallest absolute Gasteiger partial charge is 0.242 e. The lowest BCUT2D eigenvalue weighted by Crippen LogP contribution is -2.13. The molecule has 0 unspecified atom stereocenters. The van der Waals surface area contributed by atoms with Crippen molar-refractivity contribution >= 4 is 11.5 Å². The van der Waals surface area contributed by atoms with E-state index in [1.165, 1.54) is 0 Å². The van der Waals surface area contributed by atoms with E-state index >= 15 is 0 Å². The van der Waals surface area contributed by atoms with Crippen molar-refractivity contribution in [2.75, 3.05) is 37.4 Å². The minimum Gasteiger partial charge on any atom is -0.476 e. The van der Waals surface area contributed by atoms with Gasteiger partial charge in [0, 0.05) is 26.2 Å². The zero-order valence-corrected chi connectivity index (χ0v) is 14.2. The maximum Gasteiger partial charge on any atom is 0.242 e. The van der Waals surface area contributed by atoms with Gasteiger partial charge in [-0.05, 0) is 26.2 Å². The molecule has 0 bridgehead atoms. The molecule has 6 heteroatoms. The Kier molecular flexibility index (Phi) is 9.30. The molecule has 6 nitrogen and oxygen atoms in total. The number of aromatic nitrogens is 2. The summed E-state index contributed by atoms with van der Waals surface area (Å²) in [6, 6.07) is 0. The van der Waals surface area contributed by atoms with Crippen molar-refractivity contribution in [1.82, 2.24) is 9.97 Å². The number of ether oxygens (including phenoxy) is 2. The summed E-state index contributed by atoms with van der Waals surface area (Å²) in [4.78, 5) is 8.93. The van der Waals surface area contributed by atoms with E-state index in [-0.39, 0.29) is 0 Å². The Labute approximate surface area is 133 Å². The number of nitrogens with zero attached hydrogens (tertiary/aromatic N) is 2. The third-order valence-corrected chi connectivity index (χ3v) is 3.13. The van der Waals surface area contributed by atoms with Gasteiger partial charge in [-0.1, -0.05) is 20.3 Å². The molecule has 0 atom stereocenters. The standard InChI is InChI=1S/C16H30N4O2/c1-4-7-12-22-16-14(17)15(18-10-8-11-21-6-3)19-13(20-16)9-5-2/h4-12,17H2,1-3H3,(H,18,19,20). The van der Waals surface area contributed by atoms with E-state index in [2.05, 4.69) is 29.1 Å². The summed E-state index contributed by atoms with van der Waals surface area (Å²) in [5.74, 6) is 1.94. The number of nitrogens with one attached hydrogen (secondary N) is 1. The van der Waals surface area contributed by atoms with E-state index in [1.807, 2.05) is 6.92 Å². The number of hydrogen-bond acceptors (Lipinski definition) is 6. The number of aryl methyl sites for hydroxylation is 1. The van der Waals surface area contributed by atoms with Gasteiger partial charge in [-0.3, -0.25) is 0 Å². The second-order valence-electron chi connectivity index (χ2n) is 5.14. The Morgan fingerprint density at radius 1 is 1.05 bits per heavy atom. The fourth-order valence-electron chi connectivity index (χ4n) is 1.91. The Morgan fingerprint density at radius 2 is 1.86 bits per heavy atom. The van der Waals surface area contributed by atoms with E-state index in [1.54, 1.807) is 0 Å². The van der Waals surface area contributed by atoms with Gasteiger partial charge in [0.05, 0.1) is 6.61 Å². The zero-order valence-electron chi connectivity index (χ0n) is 14.2. The van der Waals surface area contributed by atoms with Crippen LogP contribution in [0.2, 0.25) is 0 Å². The van der Waals surface area contributed by atoms with Crippen molar-refractivity contribution in [2.24, 2.45) is 0 Å². The molecule has 1 aromatic rings. The summed E-state index contributed by atoms with van der Waals surface area (Å²) in [6.45, 7) is 9.09. The van der Waals surface area contributed by atoms with Gasteiger partial charge in [-0.25, -0.2) is 4.98 Å². The molecule has 0 amide bonds. The molecule has 0 saturated carbocycles. The van der Waals surface area contributed by atoms with Crippen molar-refractivity contribution in [2.45, 2.75) is 52.9 Å². The second-order valence-corrected chi connectivity index (χ2v) is 5.14. The van der Waals surface area contributed by atoms with Gasteiger partial charge >= 0.3 is 0 Å². The van der Waals surface area contributed by atoms with Crippen LogP contribution in [0.3, 0.4) is 0 Å². The highest BCUT2D eigenvalue weighted by molar-refractivity contribution is 5.66. The molecule has 0 aliphatic carbocycles. The number of nitrogens with two attached hydrogens (primary N) is 1. The number of hydrogen-bond donors (Lipinski definition) is 2. The van der Waals surface area contributed by atoms with Gasteiger partial charge in [-0.15, -0.1) is 0 Å². The molecule has 22 heavy (non-hydrogen) atoms. The maximum atomic E-state index is 6.13. The van der Waals surface area contributed by atoms with Crippen molar-refractivity contribution in [3.8, 4) is 5.88 Å². The highest BCUT2D eigenvalue weighted by Gasteiger charge is 2.12. The van der Waals surface area contributed by atoms with E-state index in [0.29, 0.717) is 24.0 Å². The molecule has 1 rings (SSSR count). The van der Waals surface area contributed by atoms with Crippen LogP contribution in [0.1, 0.15) is 52.3 Å². The summed E-state index contributed by atoms with van der Waals surface area (Å²) in [7, 11) is 0. The summed E-state index contributed by atoms with van der Waals surface area (Å²) < 4.78 is 11.0. The number of anilines is 2. The number of rotatable bonds is 12. The average molecular weight is 310 g/mol. The van der Waals surface area contributed by atoms with Crippen LogP contribution in [-0.4, -0.2) is 36.3 Å². The van der Waals surface area contributed by atoms with Crippen LogP contribution >= 0.6 is 0 Å². The number of nitrogen functional groups attached to an aromatic ring is 1. The largest absolute Gasteiger partial charge is 0.476 e. The highest BCUT2D eigenvalue weighted by atomic mass is 16.5. The molecule has 0 aliphatic rings. The lowest BCUT2D eigenvalue weighted by Gasteiger charge is -2.14. The zero-order chi connectivity index (χ0) is 16.2. The molecule has 0 spiro atoms. The Bertz CT molecular complexity index is 427. The van der Waals surface area contributed by atoms with E-state index in [4.69, 9.17) is 15.2 Å². The third-order valence-electron chi connectivity index (χ3n) is 3.13. The van der Waals surface area contributed by atoms with Gasteiger partial charge < -0.3 is 20.5 Å². The first-order valence-electron chi connectivity index (χ1n) is 8.33. The van der Waals surface area contributed by atoms with Crippen molar-refractivity contribution in [1.29, 1.82) is 0 Å². The summed E-state index contributed by atoms with van der Waals surface area (Å²) >= 11 is 0. The Balaban J connectivity index is 2.70. The van der Waals surface area contributed by atoms with Gasteiger partial charge in [0.15, 0.2) is 5.82 Å². The third kappa shape index (κ3) is 6.47. The van der Waals surface area contributed by atoms with Crippen molar-refractivity contribution in [3.63, 3.8) is 0 Å². The predicted molar refractivity (Wildman–Crippen MR) is 90.4 cm³/mol. The molecule has 0 saturated heterocycles. The molecule has 3 N–H and O–H groups in total. The van der Waals surface area contributed by atoms with Crippen LogP contribution in [0.15, 0.2) is 0 Å². The highest BCUT2D eigenvalue weighted by Crippen LogP contribution is 2.26. The fourth-order valence-corrected chi connectivity index (χ4v) is 1.91. The van der Waals surface area contributed by atoms with Crippen LogP contribution in [0.5, 0.6) is 5.88 Å². The van der Waals surface area contributed by atoms with Crippen molar-refractivity contribution < 1.29 is 9.47 Å². The van der Waals surface area contributed by atoms with Crippen LogP contribution in [0.4, 0.5) is 11.5 Å². The SMILES string of the molecule is CCCCOc1nc(CCC)nc(NCCCOCC)c1N. The van der Waals surface area contributed by atoms with E-state index < -0.39 is 0 Å². The second kappa shape index (κ2) is 11.1. The lowest BCUT2D eigenvalue weighted by molar-refractivity contribution is 0.147. The number of unbranched alkanes of at least 4 members (excludes halogenated alkanes) is 1. The summed E-state index contributed by atoms with van der Waals surface area (Å²) in [5.41, 5.74) is 6.62. The minimum atomic E-state index is 0.493. The first-order valence-corrected chi connectivity index (χ1v) is 8.33. The van der Waals surface area contributed by atoms with Gasteiger partial charge in [0.1, 0.15) is 11.5 Å². The Hall–Kier alpha value is -1.56. The van der Waals surface area contributed by atoms with E-state index in [0.717, 1.165) is 57.7 Å². The Morgan fingerprint density at radius 3 is 2.55 bits per heavy atom. The molecule has 1 heterocycles. The van der Waals surface area contributed by atoms with Gasteiger partial charge in [-0.2, -0.15) is 4.98 Å². The molecular formula is C16H30N4O2. The molecule has 126 valence electrons. The maximum absolute atomic E-state index is 6.13. The van der Waals surface area contributed by atoms with E-state index in [9.17, 15) is 0 Å². The van der Waals surface area contributed by atoms with Crippen LogP contribution in [0.25, 0.3) is 0 Å². The van der Waals surface area contributed by atoms with Crippen LogP contribution in [0, 0.1) is 0 Å². The van der Waals surface area contributed by atoms with Gasteiger partial charge in [0.2, 0.25) is 5.88 Å². The minimum absolute atomic E-state index is 0.493. The first kappa shape index (κ1) is 18.5.